The van der Waals surface area contributed by atoms with Crippen molar-refractivity contribution in [2.75, 3.05) is 11.4 Å². The molecule has 3 rings (SSSR count). The molecule has 2 unspecified atom stereocenters. The lowest BCUT2D eigenvalue weighted by molar-refractivity contribution is -0.211. The molecule has 1 amide bonds. The smallest absolute Gasteiger partial charge is 0.416 e. The first-order valence-corrected chi connectivity index (χ1v) is 10.6. The highest BCUT2D eigenvalue weighted by atomic mass is 79.9. The minimum atomic E-state index is -5.46. The molecule has 1 aromatic heterocycles. The van der Waals surface area contributed by atoms with Crippen LogP contribution in [0.5, 0.6) is 0 Å². The molecule has 1 fully saturated rings. The fourth-order valence-corrected chi connectivity index (χ4v) is 4.31. The van der Waals surface area contributed by atoms with E-state index >= 15 is 0 Å². The van der Waals surface area contributed by atoms with E-state index in [0.29, 0.717) is 4.90 Å². The van der Waals surface area contributed by atoms with Crippen molar-refractivity contribution in [3.63, 3.8) is 0 Å². The van der Waals surface area contributed by atoms with Gasteiger partial charge in [0.2, 0.25) is 0 Å². The summed E-state index contributed by atoms with van der Waals surface area (Å²) in [4.78, 5) is 15.4. The van der Waals surface area contributed by atoms with Gasteiger partial charge in [-0.05, 0) is 58.2 Å². The minimum Gasteiger partial charge on any atom is -0.445 e. The monoisotopic (exact) mass is 595 g/mol. The number of hydrogen-bond acceptors (Lipinski definition) is 5. The number of aliphatic hydroxyl groups excluding tert-OH is 1. The maximum absolute atomic E-state index is 14.4. The van der Waals surface area contributed by atoms with Gasteiger partial charge in [-0.1, -0.05) is 0 Å². The highest BCUT2D eigenvalue weighted by Gasteiger charge is 2.65. The first kappa shape index (κ1) is 27.8. The topological polar surface area (TPSA) is 88.7 Å². The molecule has 0 saturated carbocycles. The Morgan fingerprint density at radius 2 is 1.64 bits per heavy atom. The number of alkyl halides is 9. The molecule has 1 aliphatic heterocycles. The number of amides is 1. The molecule has 6 nitrogen and oxygen atoms in total. The Morgan fingerprint density at radius 3 is 2.08 bits per heavy atom. The number of nitrogens with two attached hydrogens (primary N) is 1. The summed E-state index contributed by atoms with van der Waals surface area (Å²) in [5, 5.41) is 10.8. The molecule has 0 bridgehead atoms. The largest absolute Gasteiger partial charge is 0.445 e. The van der Waals surface area contributed by atoms with Crippen LogP contribution in [0.3, 0.4) is 0 Å². The molecule has 1 aliphatic rings. The minimum absolute atomic E-state index is 0.0172. The number of primary amides is 1. The number of rotatable bonds is 4. The molecular formula is C20H15BrF9N3O3. The number of nitrogens with zero attached hydrogens (tertiary/aromatic N) is 2. The molecule has 16 heteroatoms. The maximum Gasteiger partial charge on any atom is 0.416 e. The van der Waals surface area contributed by atoms with Crippen LogP contribution in [0.1, 0.15) is 28.7 Å². The molecule has 3 N–H and O–H groups in total. The first-order valence-electron chi connectivity index (χ1n) is 9.77. The summed E-state index contributed by atoms with van der Waals surface area (Å²) in [6.45, 7) is -0.975. The summed E-state index contributed by atoms with van der Waals surface area (Å²) in [6.07, 6.45) is -21.0. The van der Waals surface area contributed by atoms with Gasteiger partial charge in [0.25, 0.3) is 0 Å². The predicted molar refractivity (Wildman–Crippen MR) is 108 cm³/mol. The number of aliphatic hydroxyl groups is 1. The third-order valence-corrected chi connectivity index (χ3v) is 6.35. The summed E-state index contributed by atoms with van der Waals surface area (Å²) in [6, 6.07) is 2.03. The van der Waals surface area contributed by atoms with Crippen molar-refractivity contribution in [2.24, 2.45) is 5.73 Å². The quantitative estimate of drug-likeness (QED) is 0.360. The van der Waals surface area contributed by atoms with Crippen LogP contribution in [0.15, 0.2) is 34.9 Å². The average molecular weight is 596 g/mol. The highest BCUT2D eigenvalue weighted by molar-refractivity contribution is 9.10. The summed E-state index contributed by atoms with van der Waals surface area (Å²) in [5.74, 6) is -0.272. The molecule has 0 radical (unpaired) electrons. The second-order valence-corrected chi connectivity index (χ2v) is 8.56. The summed E-state index contributed by atoms with van der Waals surface area (Å²) in [5.41, 5.74) is -3.69. The summed E-state index contributed by atoms with van der Waals surface area (Å²) < 4.78 is 128. The Morgan fingerprint density at radius 1 is 1.08 bits per heavy atom. The van der Waals surface area contributed by atoms with Gasteiger partial charge < -0.3 is 20.5 Å². The van der Waals surface area contributed by atoms with Crippen LogP contribution in [-0.2, 0) is 29.1 Å². The van der Waals surface area contributed by atoms with Crippen molar-refractivity contribution in [3.05, 3.63) is 57.2 Å². The lowest BCUT2D eigenvalue weighted by Crippen LogP contribution is -2.52. The third-order valence-electron chi connectivity index (χ3n) is 5.67. The fourth-order valence-electron chi connectivity index (χ4n) is 3.88. The van der Waals surface area contributed by atoms with Gasteiger partial charge in [0.1, 0.15) is 28.7 Å². The summed E-state index contributed by atoms with van der Waals surface area (Å²) >= 11 is 3.02. The molecule has 36 heavy (non-hydrogen) atoms. The molecule has 2 atom stereocenters. The lowest BCUT2D eigenvalue weighted by atomic mass is 9.76. The number of anilines is 1. The van der Waals surface area contributed by atoms with E-state index in [0.717, 1.165) is 6.07 Å². The molecule has 198 valence electrons. The molecule has 0 aliphatic carbocycles. The van der Waals surface area contributed by atoms with Gasteiger partial charge in [-0.3, -0.25) is 0 Å². The SMILES string of the molecule is NC(=O)OCc1ccc(N2CCC(c3cc(C(F)(F)F)cc(C(F)(F)F)c3)(C(F)(F)F)C2O)nc1Br. The van der Waals surface area contributed by atoms with E-state index in [-0.39, 0.29) is 40.8 Å². The van der Waals surface area contributed by atoms with Crippen molar-refractivity contribution >= 4 is 27.8 Å². The maximum atomic E-state index is 14.4. The van der Waals surface area contributed by atoms with Gasteiger partial charge >= 0.3 is 24.6 Å². The lowest BCUT2D eigenvalue weighted by Gasteiger charge is -2.37. The van der Waals surface area contributed by atoms with Gasteiger partial charge in [0.05, 0.1) is 11.1 Å². The Balaban J connectivity index is 2.11. The number of pyridine rings is 1. The van der Waals surface area contributed by atoms with Gasteiger partial charge in [0.15, 0.2) is 0 Å². The molecule has 1 aromatic carbocycles. The highest BCUT2D eigenvalue weighted by Crippen LogP contribution is 2.53. The van der Waals surface area contributed by atoms with E-state index in [9.17, 15) is 49.4 Å². The van der Waals surface area contributed by atoms with Crippen LogP contribution in [0.4, 0.5) is 50.1 Å². The number of hydrogen-bond donors (Lipinski definition) is 2. The standard InChI is InChI=1S/C20H15BrF9N3O3/c21-14-9(8-36-16(31)35)1-2-13(32-14)33-4-3-17(15(33)34,20(28,29)30)10-5-11(18(22,23)24)7-12(6-10)19(25,26)27/h1-2,5-7,15,34H,3-4,8H2,(H2,31,35). The number of carbonyl (C=O) groups is 1. The van der Waals surface area contributed by atoms with Crippen LogP contribution >= 0.6 is 15.9 Å². The second-order valence-electron chi connectivity index (χ2n) is 7.81. The van der Waals surface area contributed by atoms with Crippen LogP contribution in [-0.4, -0.2) is 35.1 Å². The number of ether oxygens (including phenoxy) is 1. The molecule has 1 saturated heterocycles. The van der Waals surface area contributed by atoms with E-state index in [2.05, 4.69) is 25.7 Å². The van der Waals surface area contributed by atoms with E-state index in [4.69, 9.17) is 5.73 Å². The van der Waals surface area contributed by atoms with Crippen LogP contribution < -0.4 is 10.6 Å². The van der Waals surface area contributed by atoms with Gasteiger partial charge in [-0.2, -0.15) is 39.5 Å². The third kappa shape index (κ3) is 5.19. The van der Waals surface area contributed by atoms with E-state index in [1.54, 1.807) is 0 Å². The zero-order chi connectivity index (χ0) is 27.3. The number of benzene rings is 1. The van der Waals surface area contributed by atoms with Crippen molar-refractivity contribution in [1.29, 1.82) is 0 Å². The Kier molecular flexibility index (Phi) is 7.18. The van der Waals surface area contributed by atoms with Gasteiger partial charge in [-0.25, -0.2) is 9.78 Å². The predicted octanol–water partition coefficient (Wildman–Crippen LogP) is 5.51. The molecular weight excluding hydrogens is 581 g/mol. The number of carbonyl (C=O) groups excluding carboxylic acids is 1. The van der Waals surface area contributed by atoms with Gasteiger partial charge in [-0.15, -0.1) is 0 Å². The molecule has 0 spiro atoms. The van der Waals surface area contributed by atoms with E-state index in [1.165, 1.54) is 6.07 Å². The normalized spacial score (nSPS) is 21.1. The van der Waals surface area contributed by atoms with E-state index in [1.807, 2.05) is 0 Å². The van der Waals surface area contributed by atoms with Crippen LogP contribution in [0, 0.1) is 0 Å². The van der Waals surface area contributed by atoms with Crippen molar-refractivity contribution in [1.82, 2.24) is 4.98 Å². The van der Waals surface area contributed by atoms with Crippen LogP contribution in [0.25, 0.3) is 0 Å². The Labute approximate surface area is 205 Å². The van der Waals surface area contributed by atoms with Gasteiger partial charge in [0, 0.05) is 12.1 Å². The van der Waals surface area contributed by atoms with Crippen LogP contribution in [0.2, 0.25) is 0 Å². The average Bonchev–Trinajstić information content (AvgIpc) is 3.09. The summed E-state index contributed by atoms with van der Waals surface area (Å²) in [7, 11) is 0. The second kappa shape index (κ2) is 9.28. The van der Waals surface area contributed by atoms with Crippen molar-refractivity contribution in [3.8, 4) is 0 Å². The molecule has 2 aromatic rings. The zero-order valence-corrected chi connectivity index (χ0v) is 19.2. The van der Waals surface area contributed by atoms with Crippen molar-refractivity contribution < 1.29 is 54.2 Å². The number of halogens is 10. The first-order chi connectivity index (χ1) is 16.4. The zero-order valence-electron chi connectivity index (χ0n) is 17.6. The number of aromatic nitrogens is 1. The fraction of sp³-hybridized carbons (Fsp3) is 0.400. The van der Waals surface area contributed by atoms with Crippen molar-refractivity contribution in [2.45, 2.75) is 43.2 Å². The Bertz CT molecular complexity index is 1120. The molecule has 2 heterocycles. The van der Waals surface area contributed by atoms with E-state index < -0.39 is 65.9 Å². The Hall–Kier alpha value is -2.75.